The molecule has 5 rings (SSSR count). The van der Waals surface area contributed by atoms with Crippen LogP contribution >= 0.6 is 11.6 Å². The lowest BCUT2D eigenvalue weighted by molar-refractivity contribution is 0.00755. The van der Waals surface area contributed by atoms with Gasteiger partial charge in [0.05, 0.1) is 16.4 Å². The van der Waals surface area contributed by atoms with E-state index in [0.717, 1.165) is 34.4 Å². The standard InChI is InChI=1S/C18H25ClN2/c1-21(2)18-15(19)4-3-5-16(18)20-17-13-7-11-6-12(9-13)10-14(17)8-11/h3-5,11-14,17,20H,6-10H2,1-2H3. The van der Waals surface area contributed by atoms with Crippen LogP contribution in [-0.2, 0) is 0 Å². The van der Waals surface area contributed by atoms with Crippen molar-refractivity contribution in [3.05, 3.63) is 23.2 Å². The van der Waals surface area contributed by atoms with Crippen molar-refractivity contribution in [2.45, 2.75) is 38.1 Å². The Labute approximate surface area is 132 Å². The van der Waals surface area contributed by atoms with Gasteiger partial charge in [0, 0.05) is 20.1 Å². The van der Waals surface area contributed by atoms with E-state index in [9.17, 15) is 0 Å². The molecular formula is C18H25ClN2. The van der Waals surface area contributed by atoms with Gasteiger partial charge < -0.3 is 10.2 Å². The predicted octanol–water partition coefficient (Wildman–Crippen LogP) is 4.64. The third-order valence-electron chi connectivity index (χ3n) is 5.98. The molecule has 0 atom stereocenters. The van der Waals surface area contributed by atoms with Crippen molar-refractivity contribution in [3.63, 3.8) is 0 Å². The highest BCUT2D eigenvalue weighted by atomic mass is 35.5. The number of nitrogens with one attached hydrogen (secondary N) is 1. The van der Waals surface area contributed by atoms with Gasteiger partial charge in [0.1, 0.15) is 0 Å². The fourth-order valence-corrected chi connectivity index (χ4v) is 5.77. The van der Waals surface area contributed by atoms with Gasteiger partial charge in [-0.25, -0.2) is 0 Å². The molecule has 1 aromatic rings. The molecule has 4 saturated carbocycles. The Morgan fingerprint density at radius 1 is 1.00 bits per heavy atom. The van der Waals surface area contributed by atoms with E-state index in [-0.39, 0.29) is 0 Å². The van der Waals surface area contributed by atoms with Gasteiger partial charge in [-0.05, 0) is 67.9 Å². The van der Waals surface area contributed by atoms with Crippen molar-refractivity contribution in [2.75, 3.05) is 24.3 Å². The quantitative estimate of drug-likeness (QED) is 0.875. The van der Waals surface area contributed by atoms with Crippen molar-refractivity contribution >= 4 is 23.0 Å². The summed E-state index contributed by atoms with van der Waals surface area (Å²) in [4.78, 5) is 2.13. The molecule has 2 nitrogen and oxygen atoms in total. The largest absolute Gasteiger partial charge is 0.380 e. The fourth-order valence-electron chi connectivity index (χ4n) is 5.43. The van der Waals surface area contributed by atoms with E-state index in [0.29, 0.717) is 6.04 Å². The number of benzene rings is 1. The molecule has 0 heterocycles. The first-order valence-corrected chi connectivity index (χ1v) is 8.72. The van der Waals surface area contributed by atoms with Crippen LogP contribution in [0.5, 0.6) is 0 Å². The third-order valence-corrected chi connectivity index (χ3v) is 6.29. The molecule has 4 bridgehead atoms. The smallest absolute Gasteiger partial charge is 0.0786 e. The maximum absolute atomic E-state index is 6.41. The maximum Gasteiger partial charge on any atom is 0.0786 e. The van der Waals surface area contributed by atoms with Crippen LogP contribution in [0.2, 0.25) is 5.02 Å². The van der Waals surface area contributed by atoms with Crippen LogP contribution in [0.4, 0.5) is 11.4 Å². The fraction of sp³-hybridized carbons (Fsp3) is 0.667. The Morgan fingerprint density at radius 2 is 1.62 bits per heavy atom. The van der Waals surface area contributed by atoms with E-state index in [2.05, 4.69) is 36.4 Å². The number of halogens is 1. The van der Waals surface area contributed by atoms with E-state index in [1.54, 1.807) is 0 Å². The highest BCUT2D eigenvalue weighted by molar-refractivity contribution is 6.34. The summed E-state index contributed by atoms with van der Waals surface area (Å²) in [6, 6.07) is 6.90. The second-order valence-electron chi connectivity index (χ2n) is 7.63. The van der Waals surface area contributed by atoms with Gasteiger partial charge in [0.15, 0.2) is 0 Å². The summed E-state index contributed by atoms with van der Waals surface area (Å²) < 4.78 is 0. The summed E-state index contributed by atoms with van der Waals surface area (Å²) in [5.74, 6) is 3.82. The maximum atomic E-state index is 6.41. The average Bonchev–Trinajstić information content (AvgIpc) is 2.41. The molecule has 1 aromatic carbocycles. The van der Waals surface area contributed by atoms with Gasteiger partial charge in [-0.15, -0.1) is 0 Å². The van der Waals surface area contributed by atoms with E-state index in [1.807, 2.05) is 6.07 Å². The Morgan fingerprint density at radius 3 is 2.19 bits per heavy atom. The second-order valence-corrected chi connectivity index (χ2v) is 8.04. The highest BCUT2D eigenvalue weighted by Crippen LogP contribution is 2.54. The molecule has 114 valence electrons. The molecule has 0 saturated heterocycles. The van der Waals surface area contributed by atoms with Crippen LogP contribution in [-0.4, -0.2) is 20.1 Å². The van der Waals surface area contributed by atoms with Crippen LogP contribution in [0, 0.1) is 23.7 Å². The minimum absolute atomic E-state index is 0.662. The van der Waals surface area contributed by atoms with E-state index in [1.165, 1.54) is 37.8 Å². The Kier molecular flexibility index (Phi) is 3.33. The Balaban J connectivity index is 1.61. The number of nitrogens with zero attached hydrogens (tertiary/aromatic N) is 1. The lowest BCUT2D eigenvalue weighted by atomic mass is 9.54. The SMILES string of the molecule is CN(C)c1c(Cl)cccc1NC1C2CC3CC(C2)CC1C3. The zero-order chi connectivity index (χ0) is 14.6. The summed E-state index contributed by atoms with van der Waals surface area (Å²) in [6.45, 7) is 0. The number of rotatable bonds is 3. The summed E-state index contributed by atoms with van der Waals surface area (Å²) in [5, 5.41) is 4.73. The highest BCUT2D eigenvalue weighted by Gasteiger charge is 2.48. The van der Waals surface area contributed by atoms with Crippen molar-refractivity contribution in [1.29, 1.82) is 0 Å². The minimum atomic E-state index is 0.662. The molecule has 0 radical (unpaired) electrons. The van der Waals surface area contributed by atoms with Crippen molar-refractivity contribution in [1.82, 2.24) is 0 Å². The zero-order valence-corrected chi connectivity index (χ0v) is 13.7. The van der Waals surface area contributed by atoms with Crippen LogP contribution in [0.15, 0.2) is 18.2 Å². The molecule has 0 aromatic heterocycles. The summed E-state index contributed by atoms with van der Waals surface area (Å²) in [6.07, 6.45) is 7.30. The van der Waals surface area contributed by atoms with Gasteiger partial charge >= 0.3 is 0 Å². The number of hydrogen-bond acceptors (Lipinski definition) is 2. The van der Waals surface area contributed by atoms with E-state index < -0.39 is 0 Å². The van der Waals surface area contributed by atoms with Gasteiger partial charge in [0.25, 0.3) is 0 Å². The van der Waals surface area contributed by atoms with Crippen LogP contribution in [0.1, 0.15) is 32.1 Å². The van der Waals surface area contributed by atoms with Crippen LogP contribution in [0.3, 0.4) is 0 Å². The van der Waals surface area contributed by atoms with Crippen molar-refractivity contribution < 1.29 is 0 Å². The lowest BCUT2D eigenvalue weighted by Crippen LogP contribution is -2.51. The molecule has 3 heteroatoms. The Hall–Kier alpha value is -0.890. The zero-order valence-electron chi connectivity index (χ0n) is 13.0. The second kappa shape index (κ2) is 5.08. The molecule has 1 N–H and O–H groups in total. The summed E-state index contributed by atoms with van der Waals surface area (Å²) in [5.41, 5.74) is 2.35. The van der Waals surface area contributed by atoms with Gasteiger partial charge in [-0.2, -0.15) is 0 Å². The summed E-state index contributed by atoms with van der Waals surface area (Å²) >= 11 is 6.41. The van der Waals surface area contributed by atoms with E-state index >= 15 is 0 Å². The van der Waals surface area contributed by atoms with E-state index in [4.69, 9.17) is 11.6 Å². The van der Waals surface area contributed by atoms with Gasteiger partial charge in [0.2, 0.25) is 0 Å². The molecule has 21 heavy (non-hydrogen) atoms. The molecule has 0 unspecified atom stereocenters. The molecular weight excluding hydrogens is 280 g/mol. The van der Waals surface area contributed by atoms with Crippen molar-refractivity contribution in [2.24, 2.45) is 23.7 Å². The van der Waals surface area contributed by atoms with Crippen molar-refractivity contribution in [3.8, 4) is 0 Å². The molecule has 0 spiro atoms. The van der Waals surface area contributed by atoms with Crippen LogP contribution in [0.25, 0.3) is 0 Å². The number of para-hydroxylation sites is 1. The topological polar surface area (TPSA) is 15.3 Å². The molecule has 0 amide bonds. The minimum Gasteiger partial charge on any atom is -0.380 e. The number of anilines is 2. The third kappa shape index (κ3) is 2.32. The molecule has 4 aliphatic rings. The first-order chi connectivity index (χ1) is 10.1. The monoisotopic (exact) mass is 304 g/mol. The molecule has 0 aliphatic heterocycles. The first-order valence-electron chi connectivity index (χ1n) is 8.34. The first kappa shape index (κ1) is 13.8. The molecule has 4 fully saturated rings. The summed E-state index contributed by atoms with van der Waals surface area (Å²) in [7, 11) is 4.15. The Bertz CT molecular complexity index is 512. The van der Waals surface area contributed by atoms with Gasteiger partial charge in [-0.1, -0.05) is 17.7 Å². The average molecular weight is 305 g/mol. The molecule has 4 aliphatic carbocycles. The number of hydrogen-bond donors (Lipinski definition) is 1. The lowest BCUT2D eigenvalue weighted by Gasteiger charge is -2.54. The normalized spacial score (nSPS) is 36.8. The predicted molar refractivity (Wildman–Crippen MR) is 90.2 cm³/mol. The van der Waals surface area contributed by atoms with Crippen LogP contribution < -0.4 is 10.2 Å². The van der Waals surface area contributed by atoms with Gasteiger partial charge in [-0.3, -0.25) is 0 Å².